The van der Waals surface area contributed by atoms with Crippen LogP contribution >= 0.6 is 0 Å². The predicted molar refractivity (Wildman–Crippen MR) is 53.1 cm³/mol. The molecule has 5 nitrogen and oxygen atoms in total. The van der Waals surface area contributed by atoms with Gasteiger partial charge in [0.15, 0.2) is 0 Å². The molecule has 14 heavy (non-hydrogen) atoms. The van der Waals surface area contributed by atoms with E-state index in [4.69, 9.17) is 10.5 Å². The highest BCUT2D eigenvalue weighted by molar-refractivity contribution is 6.05. The summed E-state index contributed by atoms with van der Waals surface area (Å²) in [6.45, 7) is 5.49. The summed E-state index contributed by atoms with van der Waals surface area (Å²) in [6, 6.07) is -0.780. The summed E-state index contributed by atoms with van der Waals surface area (Å²) in [5.41, 5.74) is 5.36. The van der Waals surface area contributed by atoms with Crippen molar-refractivity contribution in [3.8, 4) is 0 Å². The molecular formula is C9H16N2O3. The fraction of sp³-hybridized carbons (Fsp3) is 0.667. The second kappa shape index (κ2) is 6.12. The maximum Gasteiger partial charge on any atom is 0.338 e. The molecular weight excluding hydrogens is 184 g/mol. The molecule has 1 atom stereocenters. The van der Waals surface area contributed by atoms with Crippen molar-refractivity contribution in [3.63, 3.8) is 0 Å². The highest BCUT2D eigenvalue weighted by Gasteiger charge is 2.19. The molecule has 0 rings (SSSR count). The molecule has 0 aromatic carbocycles. The van der Waals surface area contributed by atoms with Crippen LogP contribution in [0.2, 0.25) is 0 Å². The van der Waals surface area contributed by atoms with Crippen molar-refractivity contribution in [1.29, 1.82) is 0 Å². The van der Waals surface area contributed by atoms with E-state index in [1.807, 2.05) is 0 Å². The number of aliphatic imine (C=N–C) groups is 1. The molecule has 0 spiro atoms. The third-order valence-corrected chi connectivity index (χ3v) is 1.76. The van der Waals surface area contributed by atoms with Crippen molar-refractivity contribution in [1.82, 2.24) is 0 Å². The van der Waals surface area contributed by atoms with Gasteiger partial charge in [-0.3, -0.25) is 4.79 Å². The van der Waals surface area contributed by atoms with Gasteiger partial charge < -0.3 is 10.5 Å². The minimum atomic E-state index is -0.780. The Labute approximate surface area is 83.3 Å². The molecule has 0 saturated carbocycles. The molecule has 5 heteroatoms. The number of hydrogen-bond acceptors (Lipinski definition) is 3. The number of urea groups is 1. The Bertz CT molecular complexity index is 248. The summed E-state index contributed by atoms with van der Waals surface area (Å²) in [5.74, 6) is -0.887. The van der Waals surface area contributed by atoms with Gasteiger partial charge in [-0.25, -0.2) is 9.79 Å². The smallest absolute Gasteiger partial charge is 0.338 e. The van der Waals surface area contributed by atoms with Crippen LogP contribution in [-0.4, -0.2) is 24.3 Å². The molecule has 0 saturated heterocycles. The zero-order valence-electron chi connectivity index (χ0n) is 8.74. The van der Waals surface area contributed by atoms with E-state index in [9.17, 15) is 9.59 Å². The van der Waals surface area contributed by atoms with Gasteiger partial charge in [-0.2, -0.15) is 0 Å². The first-order valence-electron chi connectivity index (χ1n) is 4.56. The van der Waals surface area contributed by atoms with Crippen LogP contribution < -0.4 is 5.73 Å². The SMILES string of the molecule is CCOC(=O)C(C)C(CC)=NC(N)=O. The van der Waals surface area contributed by atoms with Crippen LogP contribution in [0.5, 0.6) is 0 Å². The number of primary amides is 1. The number of carbonyl (C=O) groups excluding carboxylic acids is 2. The largest absolute Gasteiger partial charge is 0.465 e. The number of carbonyl (C=O) groups is 2. The van der Waals surface area contributed by atoms with Crippen LogP contribution in [0.4, 0.5) is 4.79 Å². The molecule has 0 bridgehead atoms. The minimum absolute atomic E-state index is 0.316. The third-order valence-electron chi connectivity index (χ3n) is 1.76. The Balaban J connectivity index is 4.53. The number of rotatable bonds is 4. The third kappa shape index (κ3) is 4.02. The molecule has 0 heterocycles. The molecule has 0 aliphatic carbocycles. The lowest BCUT2D eigenvalue weighted by Crippen LogP contribution is -2.24. The molecule has 0 radical (unpaired) electrons. The van der Waals surface area contributed by atoms with Gasteiger partial charge in [0.1, 0.15) is 0 Å². The lowest BCUT2D eigenvalue weighted by atomic mass is 10.0. The second-order valence-corrected chi connectivity index (χ2v) is 2.77. The van der Waals surface area contributed by atoms with Crippen molar-refractivity contribution in [2.75, 3.05) is 6.61 Å². The van der Waals surface area contributed by atoms with Crippen LogP contribution in [0.15, 0.2) is 4.99 Å². The van der Waals surface area contributed by atoms with Crippen molar-refractivity contribution >= 4 is 17.7 Å². The number of esters is 1. The monoisotopic (exact) mass is 200 g/mol. The molecule has 0 aliphatic rings. The zero-order chi connectivity index (χ0) is 11.1. The Hall–Kier alpha value is -1.39. The molecule has 0 aromatic heterocycles. The van der Waals surface area contributed by atoms with E-state index in [1.165, 1.54) is 0 Å². The number of nitrogens with zero attached hydrogens (tertiary/aromatic N) is 1. The number of nitrogens with two attached hydrogens (primary N) is 1. The summed E-state index contributed by atoms with van der Waals surface area (Å²) >= 11 is 0. The van der Waals surface area contributed by atoms with E-state index >= 15 is 0 Å². The lowest BCUT2D eigenvalue weighted by Gasteiger charge is -2.11. The molecule has 2 N–H and O–H groups in total. The second-order valence-electron chi connectivity index (χ2n) is 2.77. The standard InChI is InChI=1S/C9H16N2O3/c1-4-7(11-9(10)13)6(3)8(12)14-5-2/h6H,4-5H2,1-3H3,(H2,10,13). The van der Waals surface area contributed by atoms with Crippen LogP contribution in [0.1, 0.15) is 27.2 Å². The van der Waals surface area contributed by atoms with Crippen LogP contribution in [-0.2, 0) is 9.53 Å². The Morgan fingerprint density at radius 1 is 1.43 bits per heavy atom. The maximum atomic E-state index is 11.3. The zero-order valence-corrected chi connectivity index (χ0v) is 8.74. The highest BCUT2D eigenvalue weighted by Crippen LogP contribution is 2.05. The highest BCUT2D eigenvalue weighted by atomic mass is 16.5. The van der Waals surface area contributed by atoms with Crippen LogP contribution in [0.25, 0.3) is 0 Å². The topological polar surface area (TPSA) is 81.8 Å². The Morgan fingerprint density at radius 2 is 2.00 bits per heavy atom. The summed E-state index contributed by atoms with van der Waals surface area (Å²) in [4.78, 5) is 25.4. The summed E-state index contributed by atoms with van der Waals surface area (Å²) < 4.78 is 4.80. The molecule has 1 unspecified atom stereocenters. The average Bonchev–Trinajstić information content (AvgIpc) is 2.13. The van der Waals surface area contributed by atoms with E-state index in [0.29, 0.717) is 18.7 Å². The number of hydrogen-bond donors (Lipinski definition) is 1. The quantitative estimate of drug-likeness (QED) is 0.545. The number of ether oxygens (including phenoxy) is 1. The van der Waals surface area contributed by atoms with Gasteiger partial charge in [-0.15, -0.1) is 0 Å². The molecule has 0 aliphatic heterocycles. The minimum Gasteiger partial charge on any atom is -0.465 e. The number of amides is 2. The Kier molecular flexibility index (Phi) is 5.52. The molecule has 0 aromatic rings. The van der Waals surface area contributed by atoms with Gasteiger partial charge in [-0.1, -0.05) is 6.92 Å². The van der Waals surface area contributed by atoms with E-state index < -0.39 is 11.9 Å². The summed E-state index contributed by atoms with van der Waals surface area (Å²) in [5, 5.41) is 0. The molecule has 80 valence electrons. The Morgan fingerprint density at radius 3 is 2.36 bits per heavy atom. The van der Waals surface area contributed by atoms with Gasteiger partial charge in [0.2, 0.25) is 0 Å². The first-order chi connectivity index (χ1) is 6.52. The van der Waals surface area contributed by atoms with E-state index in [-0.39, 0.29) is 5.97 Å². The maximum absolute atomic E-state index is 11.3. The van der Waals surface area contributed by atoms with Crippen molar-refractivity contribution in [2.45, 2.75) is 27.2 Å². The van der Waals surface area contributed by atoms with Crippen LogP contribution in [0.3, 0.4) is 0 Å². The predicted octanol–water partition coefficient (Wildman–Crippen LogP) is 1.12. The van der Waals surface area contributed by atoms with Gasteiger partial charge in [0.25, 0.3) is 0 Å². The first kappa shape index (κ1) is 12.6. The molecule has 0 fully saturated rings. The van der Waals surface area contributed by atoms with E-state index in [2.05, 4.69) is 4.99 Å². The summed E-state index contributed by atoms with van der Waals surface area (Å²) in [7, 11) is 0. The van der Waals surface area contributed by atoms with E-state index in [0.717, 1.165) is 0 Å². The van der Waals surface area contributed by atoms with Gasteiger partial charge in [0, 0.05) is 5.71 Å². The fourth-order valence-corrected chi connectivity index (χ4v) is 1.03. The van der Waals surface area contributed by atoms with Crippen molar-refractivity contribution < 1.29 is 14.3 Å². The first-order valence-corrected chi connectivity index (χ1v) is 4.56. The normalized spacial score (nSPS) is 13.5. The van der Waals surface area contributed by atoms with Crippen LogP contribution in [0, 0.1) is 5.92 Å². The summed E-state index contributed by atoms with van der Waals surface area (Å²) in [6.07, 6.45) is 0.503. The van der Waals surface area contributed by atoms with E-state index in [1.54, 1.807) is 20.8 Å². The molecule has 2 amide bonds. The van der Waals surface area contributed by atoms with Gasteiger partial charge >= 0.3 is 12.0 Å². The van der Waals surface area contributed by atoms with Crippen molar-refractivity contribution in [2.24, 2.45) is 16.6 Å². The fourth-order valence-electron chi connectivity index (χ4n) is 1.03. The van der Waals surface area contributed by atoms with Gasteiger partial charge in [-0.05, 0) is 20.3 Å². The van der Waals surface area contributed by atoms with Gasteiger partial charge in [0.05, 0.1) is 12.5 Å². The lowest BCUT2D eigenvalue weighted by molar-refractivity contribution is -0.145. The van der Waals surface area contributed by atoms with Crippen molar-refractivity contribution in [3.05, 3.63) is 0 Å². The average molecular weight is 200 g/mol.